The van der Waals surface area contributed by atoms with Crippen molar-refractivity contribution in [2.75, 3.05) is 7.11 Å². The lowest BCUT2D eigenvalue weighted by Gasteiger charge is -2.14. The molecule has 0 spiro atoms. The molecule has 102 valence electrons. The van der Waals surface area contributed by atoms with Crippen LogP contribution in [0.2, 0.25) is 0 Å². The SMILES string of the molecule is COc1ccc2cc([C@@H](N)CCC(C)C)ccc2c1. The summed E-state index contributed by atoms with van der Waals surface area (Å²) in [5.74, 6) is 1.60. The minimum Gasteiger partial charge on any atom is -0.497 e. The van der Waals surface area contributed by atoms with E-state index in [9.17, 15) is 0 Å². The Balaban J connectivity index is 2.21. The molecule has 2 aromatic carbocycles. The molecule has 0 saturated carbocycles. The van der Waals surface area contributed by atoms with Crippen LogP contribution in [0.3, 0.4) is 0 Å². The zero-order valence-corrected chi connectivity index (χ0v) is 12.0. The first-order valence-electron chi connectivity index (χ1n) is 6.93. The van der Waals surface area contributed by atoms with Gasteiger partial charge in [-0.15, -0.1) is 0 Å². The van der Waals surface area contributed by atoms with Gasteiger partial charge >= 0.3 is 0 Å². The van der Waals surface area contributed by atoms with E-state index in [-0.39, 0.29) is 6.04 Å². The van der Waals surface area contributed by atoms with Gasteiger partial charge in [0.1, 0.15) is 5.75 Å². The summed E-state index contributed by atoms with van der Waals surface area (Å²) < 4.78 is 5.24. The van der Waals surface area contributed by atoms with E-state index in [1.54, 1.807) is 7.11 Å². The molecule has 0 aromatic heterocycles. The number of benzene rings is 2. The monoisotopic (exact) mass is 257 g/mol. The largest absolute Gasteiger partial charge is 0.497 e. The second-order valence-corrected chi connectivity index (χ2v) is 5.55. The Kier molecular flexibility index (Phi) is 4.43. The van der Waals surface area contributed by atoms with Gasteiger partial charge in [-0.2, -0.15) is 0 Å². The average Bonchev–Trinajstić information content (AvgIpc) is 2.43. The van der Waals surface area contributed by atoms with E-state index in [0.717, 1.165) is 12.2 Å². The third kappa shape index (κ3) is 3.48. The van der Waals surface area contributed by atoms with Gasteiger partial charge in [-0.1, -0.05) is 32.0 Å². The molecule has 0 radical (unpaired) electrons. The second kappa shape index (κ2) is 6.07. The quantitative estimate of drug-likeness (QED) is 0.867. The zero-order chi connectivity index (χ0) is 13.8. The maximum Gasteiger partial charge on any atom is 0.119 e. The zero-order valence-electron chi connectivity index (χ0n) is 12.0. The van der Waals surface area contributed by atoms with Crippen molar-refractivity contribution < 1.29 is 4.74 Å². The van der Waals surface area contributed by atoms with Gasteiger partial charge in [0.2, 0.25) is 0 Å². The van der Waals surface area contributed by atoms with Gasteiger partial charge < -0.3 is 10.5 Å². The standard InChI is InChI=1S/C17H23NO/c1-12(2)4-9-17(18)15-6-5-14-11-16(19-3)8-7-13(14)10-15/h5-8,10-12,17H,4,9,18H2,1-3H3/t17-/m0/s1. The Hall–Kier alpha value is -1.54. The average molecular weight is 257 g/mol. The first-order valence-corrected chi connectivity index (χ1v) is 6.93. The molecule has 0 bridgehead atoms. The van der Waals surface area contributed by atoms with E-state index in [0.29, 0.717) is 5.92 Å². The molecule has 2 nitrogen and oxygen atoms in total. The second-order valence-electron chi connectivity index (χ2n) is 5.55. The van der Waals surface area contributed by atoms with Crippen molar-refractivity contribution in [3.05, 3.63) is 42.0 Å². The maximum absolute atomic E-state index is 6.27. The third-order valence-electron chi connectivity index (χ3n) is 3.55. The molecule has 0 saturated heterocycles. The van der Waals surface area contributed by atoms with Crippen molar-refractivity contribution in [1.82, 2.24) is 0 Å². The predicted molar refractivity (Wildman–Crippen MR) is 81.5 cm³/mol. The molecule has 0 aliphatic carbocycles. The summed E-state index contributed by atoms with van der Waals surface area (Å²) >= 11 is 0. The fourth-order valence-corrected chi connectivity index (χ4v) is 2.28. The molecular formula is C17H23NO. The van der Waals surface area contributed by atoms with E-state index in [1.807, 2.05) is 6.07 Å². The molecule has 2 N–H and O–H groups in total. The summed E-state index contributed by atoms with van der Waals surface area (Å²) in [5, 5.41) is 2.41. The third-order valence-corrected chi connectivity index (χ3v) is 3.55. The van der Waals surface area contributed by atoms with Crippen LogP contribution in [0.5, 0.6) is 5.75 Å². The normalized spacial score (nSPS) is 12.9. The van der Waals surface area contributed by atoms with Crippen LogP contribution in [0.15, 0.2) is 36.4 Å². The van der Waals surface area contributed by atoms with E-state index in [2.05, 4.69) is 44.2 Å². The van der Waals surface area contributed by atoms with Gasteiger partial charge in [-0.05, 0) is 53.3 Å². The Morgan fingerprint density at radius 1 is 1.00 bits per heavy atom. The molecule has 2 aromatic rings. The minimum atomic E-state index is 0.133. The summed E-state index contributed by atoms with van der Waals surface area (Å²) in [7, 11) is 1.69. The molecular weight excluding hydrogens is 234 g/mol. The highest BCUT2D eigenvalue weighted by Crippen LogP contribution is 2.25. The topological polar surface area (TPSA) is 35.2 Å². The van der Waals surface area contributed by atoms with Crippen LogP contribution in [0.1, 0.15) is 38.3 Å². The number of methoxy groups -OCH3 is 1. The van der Waals surface area contributed by atoms with Gasteiger partial charge in [0.05, 0.1) is 7.11 Å². The summed E-state index contributed by atoms with van der Waals surface area (Å²) in [6.45, 7) is 4.47. The van der Waals surface area contributed by atoms with Crippen molar-refractivity contribution in [1.29, 1.82) is 0 Å². The molecule has 2 heteroatoms. The molecule has 0 aliphatic heterocycles. The number of hydrogen-bond acceptors (Lipinski definition) is 2. The highest BCUT2D eigenvalue weighted by molar-refractivity contribution is 5.84. The van der Waals surface area contributed by atoms with Crippen LogP contribution in [-0.4, -0.2) is 7.11 Å². The van der Waals surface area contributed by atoms with E-state index < -0.39 is 0 Å². The molecule has 0 fully saturated rings. The molecule has 0 unspecified atom stereocenters. The number of fused-ring (bicyclic) bond motifs is 1. The van der Waals surface area contributed by atoms with Crippen LogP contribution < -0.4 is 10.5 Å². The van der Waals surface area contributed by atoms with Crippen molar-refractivity contribution in [2.45, 2.75) is 32.7 Å². The molecule has 0 aliphatic rings. The van der Waals surface area contributed by atoms with Crippen LogP contribution in [0.4, 0.5) is 0 Å². The van der Waals surface area contributed by atoms with E-state index in [4.69, 9.17) is 10.5 Å². The first-order chi connectivity index (χ1) is 9.10. The van der Waals surface area contributed by atoms with Gasteiger partial charge in [-0.25, -0.2) is 0 Å². The van der Waals surface area contributed by atoms with Gasteiger partial charge in [-0.3, -0.25) is 0 Å². The predicted octanol–water partition coefficient (Wildman–Crippen LogP) is 4.28. The van der Waals surface area contributed by atoms with Gasteiger partial charge in [0, 0.05) is 6.04 Å². The number of nitrogens with two attached hydrogens (primary N) is 1. The van der Waals surface area contributed by atoms with E-state index in [1.165, 1.54) is 22.8 Å². The van der Waals surface area contributed by atoms with Gasteiger partial charge in [0.15, 0.2) is 0 Å². The first kappa shape index (κ1) is 13.9. The fraction of sp³-hybridized carbons (Fsp3) is 0.412. The van der Waals surface area contributed by atoms with Crippen LogP contribution in [-0.2, 0) is 0 Å². The lowest BCUT2D eigenvalue weighted by Crippen LogP contribution is -2.11. The minimum absolute atomic E-state index is 0.133. The van der Waals surface area contributed by atoms with Crippen LogP contribution in [0.25, 0.3) is 10.8 Å². The van der Waals surface area contributed by atoms with Crippen LogP contribution in [0, 0.1) is 5.92 Å². The summed E-state index contributed by atoms with van der Waals surface area (Å²) in [6.07, 6.45) is 2.21. The van der Waals surface area contributed by atoms with Gasteiger partial charge in [0.25, 0.3) is 0 Å². The molecule has 2 rings (SSSR count). The molecule has 19 heavy (non-hydrogen) atoms. The smallest absolute Gasteiger partial charge is 0.119 e. The lowest BCUT2D eigenvalue weighted by molar-refractivity contribution is 0.415. The number of ether oxygens (including phenoxy) is 1. The Morgan fingerprint density at radius 2 is 1.68 bits per heavy atom. The van der Waals surface area contributed by atoms with E-state index >= 15 is 0 Å². The molecule has 0 heterocycles. The van der Waals surface area contributed by atoms with Crippen molar-refractivity contribution in [2.24, 2.45) is 11.7 Å². The highest BCUT2D eigenvalue weighted by atomic mass is 16.5. The number of rotatable bonds is 5. The van der Waals surface area contributed by atoms with Crippen molar-refractivity contribution in [3.63, 3.8) is 0 Å². The lowest BCUT2D eigenvalue weighted by atomic mass is 9.96. The summed E-state index contributed by atoms with van der Waals surface area (Å²) in [4.78, 5) is 0. The summed E-state index contributed by atoms with van der Waals surface area (Å²) in [5.41, 5.74) is 7.49. The molecule has 0 amide bonds. The maximum atomic E-state index is 6.27. The fourth-order valence-electron chi connectivity index (χ4n) is 2.28. The Bertz CT molecular complexity index is 548. The summed E-state index contributed by atoms with van der Waals surface area (Å²) in [6, 6.07) is 12.7. The Morgan fingerprint density at radius 3 is 2.37 bits per heavy atom. The number of hydrogen-bond donors (Lipinski definition) is 1. The van der Waals surface area contributed by atoms with Crippen molar-refractivity contribution >= 4 is 10.8 Å². The van der Waals surface area contributed by atoms with Crippen LogP contribution >= 0.6 is 0 Å². The molecule has 1 atom stereocenters. The Labute approximate surface area is 115 Å². The van der Waals surface area contributed by atoms with Crippen molar-refractivity contribution in [3.8, 4) is 5.75 Å². The highest BCUT2D eigenvalue weighted by Gasteiger charge is 2.08.